The van der Waals surface area contributed by atoms with Crippen molar-refractivity contribution >= 4 is 34.3 Å². The van der Waals surface area contributed by atoms with E-state index in [0.29, 0.717) is 23.7 Å². The number of benzene rings is 4. The van der Waals surface area contributed by atoms with Gasteiger partial charge >= 0.3 is 0 Å². The largest absolute Gasteiger partial charge is 0.254 e. The van der Waals surface area contributed by atoms with Crippen molar-refractivity contribution in [1.29, 1.82) is 0 Å². The Bertz CT molecular complexity index is 1720. The van der Waals surface area contributed by atoms with E-state index >= 15 is 0 Å². The van der Waals surface area contributed by atoms with Crippen LogP contribution in [0.4, 0.5) is 11.4 Å². The maximum absolute atomic E-state index is 5.47. The van der Waals surface area contributed by atoms with E-state index in [1.807, 2.05) is 17.0 Å². The summed E-state index contributed by atoms with van der Waals surface area (Å²) < 4.78 is 2.00. The van der Waals surface area contributed by atoms with Gasteiger partial charge in [-0.1, -0.05) is 140 Å². The quantitative estimate of drug-likeness (QED) is 0.136. The van der Waals surface area contributed by atoms with Gasteiger partial charge in [0.1, 0.15) is 5.69 Å². The van der Waals surface area contributed by atoms with Gasteiger partial charge < -0.3 is 0 Å². The molecule has 0 aliphatic rings. The molecule has 4 nitrogen and oxygen atoms in total. The molecule has 5 rings (SSSR count). The second kappa shape index (κ2) is 12.9. The Morgan fingerprint density at radius 2 is 1.07 bits per heavy atom. The van der Waals surface area contributed by atoms with Crippen LogP contribution in [0.5, 0.6) is 0 Å². The Labute approximate surface area is 257 Å². The Balaban J connectivity index is 1.76. The highest BCUT2D eigenvalue weighted by Gasteiger charge is 2.20. The molecule has 0 atom stereocenters. The van der Waals surface area contributed by atoms with Crippen molar-refractivity contribution in [3.63, 3.8) is 0 Å². The van der Waals surface area contributed by atoms with Crippen LogP contribution in [0.2, 0.25) is 0 Å². The first-order valence-corrected chi connectivity index (χ1v) is 15.6. The Kier molecular flexibility index (Phi) is 9.05. The molecule has 0 amide bonds. The zero-order valence-electron chi connectivity index (χ0n) is 26.8. The molecular weight excluding hydrogens is 524 g/mol. The summed E-state index contributed by atoms with van der Waals surface area (Å²) in [5.41, 5.74) is 9.92. The van der Waals surface area contributed by atoms with E-state index in [-0.39, 0.29) is 0 Å². The number of para-hydroxylation sites is 3. The van der Waals surface area contributed by atoms with Crippen molar-refractivity contribution < 1.29 is 0 Å². The smallest absolute Gasteiger partial charge is 0.161 e. The second-order valence-corrected chi connectivity index (χ2v) is 12.6. The highest BCUT2D eigenvalue weighted by Crippen LogP contribution is 2.37. The molecular formula is C39H44N4. The lowest BCUT2D eigenvalue weighted by Gasteiger charge is -2.18. The number of hydrogen-bond acceptors (Lipinski definition) is 3. The number of aromatic nitrogens is 2. The lowest BCUT2D eigenvalue weighted by molar-refractivity contribution is 0.833. The van der Waals surface area contributed by atoms with Crippen LogP contribution in [0.3, 0.4) is 0 Å². The SMILES string of the molecule is CC(C)c1cccc(C(C)C)c1N=Cc1nn(C(=Nc2c(C(C)C)cccc2C(C)C)c2ccccc2)c2ccccc12. The van der Waals surface area contributed by atoms with E-state index < -0.39 is 0 Å². The van der Waals surface area contributed by atoms with Crippen LogP contribution in [0, 0.1) is 0 Å². The third-order valence-electron chi connectivity index (χ3n) is 8.07. The van der Waals surface area contributed by atoms with Crippen molar-refractivity contribution in [2.24, 2.45) is 9.98 Å². The summed E-state index contributed by atoms with van der Waals surface area (Å²) in [6.45, 7) is 17.9. The van der Waals surface area contributed by atoms with Gasteiger partial charge in [0.25, 0.3) is 0 Å². The first kappa shape index (κ1) is 30.2. The maximum atomic E-state index is 5.47. The van der Waals surface area contributed by atoms with E-state index in [1.54, 1.807) is 0 Å². The van der Waals surface area contributed by atoms with Crippen LogP contribution in [0.1, 0.15) is 113 Å². The lowest BCUT2D eigenvalue weighted by atomic mass is 9.93. The van der Waals surface area contributed by atoms with E-state index in [9.17, 15) is 0 Å². The van der Waals surface area contributed by atoms with Crippen molar-refractivity contribution in [2.75, 3.05) is 0 Å². The minimum Gasteiger partial charge on any atom is -0.254 e. The molecule has 5 aromatic rings. The van der Waals surface area contributed by atoms with Gasteiger partial charge in [0.15, 0.2) is 5.84 Å². The number of hydrogen-bond donors (Lipinski definition) is 0. The summed E-state index contributed by atoms with van der Waals surface area (Å²) in [5, 5.41) is 6.26. The average molecular weight is 569 g/mol. The van der Waals surface area contributed by atoms with Crippen LogP contribution in [0.15, 0.2) is 101 Å². The van der Waals surface area contributed by atoms with Crippen molar-refractivity contribution in [2.45, 2.75) is 79.1 Å². The van der Waals surface area contributed by atoms with Crippen LogP contribution in [-0.4, -0.2) is 21.8 Å². The number of aliphatic imine (C=N–C) groups is 2. The Morgan fingerprint density at radius 1 is 0.581 bits per heavy atom. The minimum absolute atomic E-state index is 0.336. The number of rotatable bonds is 8. The molecule has 220 valence electrons. The first-order chi connectivity index (χ1) is 20.7. The highest BCUT2D eigenvalue weighted by atomic mass is 15.3. The normalized spacial score (nSPS) is 12.6. The molecule has 1 aromatic heterocycles. The van der Waals surface area contributed by atoms with Gasteiger partial charge in [-0.3, -0.25) is 4.99 Å². The third-order valence-corrected chi connectivity index (χ3v) is 8.07. The fourth-order valence-electron chi connectivity index (χ4n) is 5.70. The summed E-state index contributed by atoms with van der Waals surface area (Å²) in [5.74, 6) is 2.21. The molecule has 0 aliphatic carbocycles. The molecule has 43 heavy (non-hydrogen) atoms. The lowest BCUT2D eigenvalue weighted by Crippen LogP contribution is -2.16. The molecule has 0 saturated carbocycles. The van der Waals surface area contributed by atoms with E-state index in [4.69, 9.17) is 15.1 Å². The summed E-state index contributed by atoms with van der Waals surface area (Å²) in [6, 6.07) is 31.9. The first-order valence-electron chi connectivity index (χ1n) is 15.6. The highest BCUT2D eigenvalue weighted by molar-refractivity contribution is 6.09. The fourth-order valence-corrected chi connectivity index (χ4v) is 5.70. The van der Waals surface area contributed by atoms with Gasteiger partial charge in [-0.05, 0) is 52.0 Å². The van der Waals surface area contributed by atoms with Gasteiger partial charge in [0.05, 0.1) is 23.1 Å². The zero-order chi connectivity index (χ0) is 30.7. The average Bonchev–Trinajstić information content (AvgIpc) is 3.36. The van der Waals surface area contributed by atoms with Crippen molar-refractivity contribution in [1.82, 2.24) is 9.78 Å². The molecule has 1 heterocycles. The molecule has 0 N–H and O–H groups in total. The summed E-state index contributed by atoms with van der Waals surface area (Å²) in [4.78, 5) is 10.6. The molecule has 4 aromatic carbocycles. The van der Waals surface area contributed by atoms with E-state index in [2.05, 4.69) is 140 Å². The molecule has 0 radical (unpaired) electrons. The third kappa shape index (κ3) is 6.24. The van der Waals surface area contributed by atoms with Crippen LogP contribution < -0.4 is 0 Å². The van der Waals surface area contributed by atoms with Gasteiger partial charge in [-0.15, -0.1) is 0 Å². The molecule has 4 heteroatoms. The molecule has 0 aliphatic heterocycles. The van der Waals surface area contributed by atoms with Gasteiger partial charge in [0, 0.05) is 10.9 Å². The van der Waals surface area contributed by atoms with Crippen LogP contribution >= 0.6 is 0 Å². The maximum Gasteiger partial charge on any atom is 0.161 e. The predicted molar refractivity (Wildman–Crippen MR) is 184 cm³/mol. The zero-order valence-corrected chi connectivity index (χ0v) is 26.8. The van der Waals surface area contributed by atoms with Gasteiger partial charge in [0.2, 0.25) is 0 Å². The van der Waals surface area contributed by atoms with Crippen LogP contribution in [0.25, 0.3) is 10.9 Å². The standard InChI is InChI=1S/C39H44N4/c1-25(2)30-19-14-20-31(26(3)4)37(30)40-24-35-34-18-12-13-23-36(34)43(42-35)39(29-16-10-9-11-17-29)41-38-32(27(5)6)21-15-22-33(38)28(7)8/h9-28H,1-8H3. The second-order valence-electron chi connectivity index (χ2n) is 12.6. The molecule has 0 saturated heterocycles. The number of fused-ring (bicyclic) bond motifs is 1. The summed E-state index contributed by atoms with van der Waals surface area (Å²) >= 11 is 0. The van der Waals surface area contributed by atoms with E-state index in [1.165, 1.54) is 22.3 Å². The number of nitrogens with zero attached hydrogens (tertiary/aromatic N) is 4. The summed E-state index contributed by atoms with van der Waals surface area (Å²) in [6.07, 6.45) is 1.94. The topological polar surface area (TPSA) is 42.5 Å². The van der Waals surface area contributed by atoms with Crippen LogP contribution in [-0.2, 0) is 0 Å². The Morgan fingerprint density at radius 3 is 1.60 bits per heavy atom. The molecule has 0 bridgehead atoms. The monoisotopic (exact) mass is 568 g/mol. The van der Waals surface area contributed by atoms with Gasteiger partial charge in [-0.2, -0.15) is 5.10 Å². The molecule has 0 fully saturated rings. The van der Waals surface area contributed by atoms with E-state index in [0.717, 1.165) is 39.4 Å². The van der Waals surface area contributed by atoms with Crippen molar-refractivity contribution in [3.05, 3.63) is 125 Å². The fraction of sp³-hybridized carbons (Fsp3) is 0.308. The Hall–Kier alpha value is -4.31. The predicted octanol–water partition coefficient (Wildman–Crippen LogP) is 10.9. The minimum atomic E-state index is 0.336. The molecule has 0 spiro atoms. The van der Waals surface area contributed by atoms with Crippen molar-refractivity contribution in [3.8, 4) is 0 Å². The molecule has 0 unspecified atom stereocenters. The van der Waals surface area contributed by atoms with Gasteiger partial charge in [-0.25, -0.2) is 9.67 Å². The summed E-state index contributed by atoms with van der Waals surface area (Å²) in [7, 11) is 0.